The molecule has 0 atom stereocenters. The topological polar surface area (TPSA) is 17.1 Å². The van der Waals surface area contributed by atoms with E-state index in [0.717, 1.165) is 12.7 Å². The van der Waals surface area contributed by atoms with Gasteiger partial charge in [0.1, 0.15) is 6.29 Å². The standard InChI is InChI=1S/C7H6.C4H8O/c1-5-4-6-2-3-7(5)6;1-2-3-4-5/h2-4H,1H3;4H,2-3H2,1H3. The van der Waals surface area contributed by atoms with Crippen LogP contribution in [0.1, 0.15) is 25.3 Å². The second-order valence-electron chi connectivity index (χ2n) is 2.99. The van der Waals surface area contributed by atoms with Gasteiger partial charge in [0.05, 0.1) is 0 Å². The molecular formula is C11H14O. The highest BCUT2D eigenvalue weighted by molar-refractivity contribution is 5.80. The van der Waals surface area contributed by atoms with Crippen LogP contribution in [0.4, 0.5) is 0 Å². The molecule has 2 rings (SSSR count). The molecule has 0 amide bonds. The first-order valence-electron chi connectivity index (χ1n) is 4.34. The minimum Gasteiger partial charge on any atom is -0.303 e. The van der Waals surface area contributed by atoms with Gasteiger partial charge in [0.2, 0.25) is 0 Å². The van der Waals surface area contributed by atoms with E-state index in [1.807, 2.05) is 6.92 Å². The van der Waals surface area contributed by atoms with Crippen LogP contribution in [0.3, 0.4) is 0 Å². The maximum Gasteiger partial charge on any atom is 0.119 e. The fourth-order valence-electron chi connectivity index (χ4n) is 1.10. The lowest BCUT2D eigenvalue weighted by Gasteiger charge is -2.17. The molecule has 0 aromatic carbocycles. The molecule has 0 heterocycles. The first kappa shape index (κ1) is 8.98. The highest BCUT2D eigenvalue weighted by atomic mass is 16.1. The van der Waals surface area contributed by atoms with E-state index in [2.05, 4.69) is 25.1 Å². The molecule has 64 valence electrons. The Hall–Kier alpha value is -1.11. The number of rotatable bonds is 2. The smallest absolute Gasteiger partial charge is 0.119 e. The van der Waals surface area contributed by atoms with Crippen LogP contribution in [0.2, 0.25) is 0 Å². The highest BCUT2D eigenvalue weighted by Crippen LogP contribution is 2.35. The normalized spacial score (nSPS) is 9.83. The minimum absolute atomic E-state index is 0.708. The lowest BCUT2D eigenvalue weighted by atomic mass is 9.88. The van der Waals surface area contributed by atoms with Crippen molar-refractivity contribution >= 4 is 6.29 Å². The van der Waals surface area contributed by atoms with Gasteiger partial charge >= 0.3 is 0 Å². The molecule has 1 nitrogen and oxygen atoms in total. The number of benzene rings is 1. The van der Waals surface area contributed by atoms with Crippen LogP contribution in [0.15, 0.2) is 18.2 Å². The molecule has 0 fully saturated rings. The molecule has 2 aliphatic rings. The van der Waals surface area contributed by atoms with E-state index in [0.29, 0.717) is 6.42 Å². The van der Waals surface area contributed by atoms with E-state index in [-0.39, 0.29) is 0 Å². The highest BCUT2D eigenvalue weighted by Gasteiger charge is 2.10. The Balaban J connectivity index is 0.000000130. The summed E-state index contributed by atoms with van der Waals surface area (Å²) < 4.78 is 0. The summed E-state index contributed by atoms with van der Waals surface area (Å²) in [5.74, 6) is 0. The zero-order valence-corrected chi connectivity index (χ0v) is 7.63. The van der Waals surface area contributed by atoms with Crippen LogP contribution in [0.5, 0.6) is 0 Å². The summed E-state index contributed by atoms with van der Waals surface area (Å²) in [5.41, 5.74) is 4.36. The molecule has 0 bridgehead atoms. The molecule has 0 saturated carbocycles. The zero-order valence-electron chi connectivity index (χ0n) is 7.63. The Morgan fingerprint density at radius 3 is 2.17 bits per heavy atom. The predicted octanol–water partition coefficient (Wildman–Crippen LogP) is 2.96. The van der Waals surface area contributed by atoms with Crippen molar-refractivity contribution in [2.45, 2.75) is 26.7 Å². The Morgan fingerprint density at radius 2 is 2.17 bits per heavy atom. The molecule has 0 N–H and O–H groups in total. The summed E-state index contributed by atoms with van der Waals surface area (Å²) >= 11 is 0. The summed E-state index contributed by atoms with van der Waals surface area (Å²) in [6.07, 6.45) is 2.61. The minimum atomic E-state index is 0.708. The van der Waals surface area contributed by atoms with Gasteiger partial charge < -0.3 is 4.79 Å². The number of carbonyl (C=O) groups is 1. The summed E-state index contributed by atoms with van der Waals surface area (Å²) in [7, 11) is 0. The van der Waals surface area contributed by atoms with Crippen LogP contribution >= 0.6 is 0 Å². The third-order valence-electron chi connectivity index (χ3n) is 1.94. The van der Waals surface area contributed by atoms with Crippen LogP contribution < -0.4 is 0 Å². The second-order valence-corrected chi connectivity index (χ2v) is 2.99. The monoisotopic (exact) mass is 162 g/mol. The van der Waals surface area contributed by atoms with Gasteiger partial charge in [0.25, 0.3) is 0 Å². The average molecular weight is 162 g/mol. The maximum atomic E-state index is 9.40. The molecule has 12 heavy (non-hydrogen) atoms. The quantitative estimate of drug-likeness (QED) is 0.620. The molecule has 0 aromatic rings. The van der Waals surface area contributed by atoms with Gasteiger partial charge in [0.15, 0.2) is 0 Å². The fourth-order valence-corrected chi connectivity index (χ4v) is 1.10. The fraction of sp³-hybridized carbons (Fsp3) is 0.364. The summed E-state index contributed by atoms with van der Waals surface area (Å²) in [4.78, 5) is 9.40. The average Bonchev–Trinajstić information content (AvgIpc) is 2.02. The van der Waals surface area contributed by atoms with Gasteiger partial charge in [-0.3, -0.25) is 0 Å². The van der Waals surface area contributed by atoms with Crippen molar-refractivity contribution in [1.82, 2.24) is 0 Å². The van der Waals surface area contributed by atoms with E-state index in [4.69, 9.17) is 0 Å². The molecule has 0 radical (unpaired) electrons. The largest absolute Gasteiger partial charge is 0.303 e. The van der Waals surface area contributed by atoms with Crippen molar-refractivity contribution in [1.29, 1.82) is 0 Å². The second kappa shape index (κ2) is 4.05. The molecule has 0 unspecified atom stereocenters. The van der Waals surface area contributed by atoms with Crippen molar-refractivity contribution in [2.24, 2.45) is 0 Å². The van der Waals surface area contributed by atoms with E-state index in [1.54, 1.807) is 0 Å². The zero-order chi connectivity index (χ0) is 8.97. The number of unbranched alkanes of at least 4 members (excludes halogenated alkanes) is 1. The summed E-state index contributed by atoms with van der Waals surface area (Å²) in [5, 5.41) is 0. The van der Waals surface area contributed by atoms with Gasteiger partial charge in [-0.1, -0.05) is 25.1 Å². The number of fused-ring (bicyclic) bond motifs is 1. The first-order chi connectivity index (χ1) is 5.79. The summed E-state index contributed by atoms with van der Waals surface area (Å²) in [6, 6.07) is 6.50. The van der Waals surface area contributed by atoms with E-state index >= 15 is 0 Å². The molecule has 0 aliphatic heterocycles. The number of aldehydes is 1. The lowest BCUT2D eigenvalue weighted by Crippen LogP contribution is -1.93. The molecule has 2 aliphatic carbocycles. The van der Waals surface area contributed by atoms with Gasteiger partial charge in [0, 0.05) is 6.42 Å². The van der Waals surface area contributed by atoms with Gasteiger partial charge in [-0.25, -0.2) is 0 Å². The number of hydrogen-bond donors (Lipinski definition) is 0. The van der Waals surface area contributed by atoms with Gasteiger partial charge in [-0.05, 0) is 30.0 Å². The molecule has 0 aromatic heterocycles. The summed E-state index contributed by atoms with van der Waals surface area (Å²) in [6.45, 7) is 4.12. The van der Waals surface area contributed by atoms with Crippen molar-refractivity contribution in [3.63, 3.8) is 0 Å². The number of aryl methyl sites for hydroxylation is 1. The van der Waals surface area contributed by atoms with Crippen molar-refractivity contribution in [3.8, 4) is 11.1 Å². The van der Waals surface area contributed by atoms with Crippen molar-refractivity contribution in [2.75, 3.05) is 0 Å². The number of hydrogen-bond acceptors (Lipinski definition) is 1. The Labute approximate surface area is 73.4 Å². The Kier molecular flexibility index (Phi) is 3.03. The third-order valence-corrected chi connectivity index (χ3v) is 1.94. The first-order valence-corrected chi connectivity index (χ1v) is 4.34. The molecule has 1 heteroatoms. The van der Waals surface area contributed by atoms with Gasteiger partial charge in [-0.2, -0.15) is 0 Å². The van der Waals surface area contributed by atoms with Crippen molar-refractivity contribution in [3.05, 3.63) is 23.8 Å². The Morgan fingerprint density at radius 1 is 1.42 bits per heavy atom. The molecular weight excluding hydrogens is 148 g/mol. The molecule has 0 saturated heterocycles. The van der Waals surface area contributed by atoms with Crippen LogP contribution in [-0.2, 0) is 4.79 Å². The SMILES string of the molecule is CCCC=O.Cc1cc2ccc1-2. The van der Waals surface area contributed by atoms with Crippen LogP contribution in [-0.4, -0.2) is 6.29 Å². The van der Waals surface area contributed by atoms with E-state index in [9.17, 15) is 4.79 Å². The Bertz CT molecular complexity index is 276. The number of carbonyl (C=O) groups excluding carboxylic acids is 1. The van der Waals surface area contributed by atoms with Crippen LogP contribution in [0, 0.1) is 6.92 Å². The third kappa shape index (κ3) is 1.73. The maximum absolute atomic E-state index is 9.40. The lowest BCUT2D eigenvalue weighted by molar-refractivity contribution is -0.107. The van der Waals surface area contributed by atoms with Gasteiger partial charge in [-0.15, -0.1) is 0 Å². The molecule has 0 spiro atoms. The van der Waals surface area contributed by atoms with Crippen molar-refractivity contribution < 1.29 is 4.79 Å². The van der Waals surface area contributed by atoms with E-state index < -0.39 is 0 Å². The van der Waals surface area contributed by atoms with Crippen LogP contribution in [0.25, 0.3) is 11.1 Å². The predicted molar refractivity (Wildman–Crippen MR) is 51.1 cm³/mol. The van der Waals surface area contributed by atoms with E-state index in [1.165, 1.54) is 16.7 Å².